The molecule has 0 rings (SSSR count). The highest BCUT2D eigenvalue weighted by molar-refractivity contribution is 7.45. The van der Waals surface area contributed by atoms with Gasteiger partial charge in [0.25, 0.3) is 7.82 Å². The molecule has 0 aliphatic carbocycles. The standard InChI is InChI=1S/C71H129N2O7P/c1-7-10-13-16-19-22-25-28-30-32-34-36-38-40-42-45-48-51-54-57-60-63-70(74)72-68(67-79-81(76,77)78-66-65-73(4,5)6)69(62-59-56-53-50-47-44-27-24-21-18-15-12-9-3)80-71(75)64-61-58-55-52-49-46-43-41-39-37-35-33-31-29-26-23-20-17-14-11-8-2/h10,13,19,22,28-31,34,36,40,42,59,62,68-69H,7-9,11-12,14-18,20-21,23-27,32-33,35,37-39,41,43-58,60-61,63-67H2,1-6H3,(H-,72,74,76,77)/b13-10-,22-19-,30-28-,31-29+,36-34-,42-40-,62-59+. The van der Waals surface area contributed by atoms with Crippen LogP contribution in [-0.2, 0) is 27.9 Å². The molecule has 0 aromatic rings. The number of nitrogens with zero attached hydrogens (tertiary/aromatic N) is 1. The van der Waals surface area contributed by atoms with E-state index in [0.717, 1.165) is 103 Å². The maximum atomic E-state index is 13.6. The summed E-state index contributed by atoms with van der Waals surface area (Å²) >= 11 is 0. The average molecular weight is 1150 g/mol. The van der Waals surface area contributed by atoms with E-state index in [9.17, 15) is 19.0 Å². The van der Waals surface area contributed by atoms with Gasteiger partial charge >= 0.3 is 5.97 Å². The second kappa shape index (κ2) is 60.3. The van der Waals surface area contributed by atoms with Crippen LogP contribution in [0.2, 0.25) is 0 Å². The molecule has 3 atom stereocenters. The molecule has 0 fully saturated rings. The van der Waals surface area contributed by atoms with Gasteiger partial charge in [-0.25, -0.2) is 0 Å². The first-order valence-corrected chi connectivity index (χ1v) is 35.4. The second-order valence-electron chi connectivity index (χ2n) is 23.9. The lowest BCUT2D eigenvalue weighted by molar-refractivity contribution is -0.870. The van der Waals surface area contributed by atoms with Gasteiger partial charge in [0.2, 0.25) is 5.91 Å². The normalized spacial score (nSPS) is 14.1. The van der Waals surface area contributed by atoms with Crippen molar-refractivity contribution in [3.05, 3.63) is 85.1 Å². The number of carbonyl (C=O) groups excluding carboxylic acids is 2. The van der Waals surface area contributed by atoms with Crippen molar-refractivity contribution in [2.24, 2.45) is 0 Å². The first-order valence-electron chi connectivity index (χ1n) is 33.9. The number of phosphoric acid groups is 1. The largest absolute Gasteiger partial charge is 0.756 e. The van der Waals surface area contributed by atoms with Gasteiger partial charge in [0.15, 0.2) is 0 Å². The monoisotopic (exact) mass is 1150 g/mol. The highest BCUT2D eigenvalue weighted by atomic mass is 31.2. The van der Waals surface area contributed by atoms with E-state index < -0.39 is 26.6 Å². The average Bonchev–Trinajstić information content (AvgIpc) is 3.44. The molecule has 0 aromatic carbocycles. The van der Waals surface area contributed by atoms with Crippen LogP contribution in [0, 0.1) is 0 Å². The van der Waals surface area contributed by atoms with Crippen molar-refractivity contribution in [1.82, 2.24) is 5.32 Å². The van der Waals surface area contributed by atoms with Crippen molar-refractivity contribution >= 4 is 19.7 Å². The fourth-order valence-corrected chi connectivity index (χ4v) is 10.3. The minimum Gasteiger partial charge on any atom is -0.756 e. The van der Waals surface area contributed by atoms with E-state index in [1.165, 1.54) is 161 Å². The number of phosphoric ester groups is 1. The maximum Gasteiger partial charge on any atom is 0.306 e. The Labute approximate surface area is 501 Å². The molecule has 0 aliphatic heterocycles. The molecular weight excluding hydrogens is 1020 g/mol. The number of hydrogen-bond donors (Lipinski definition) is 1. The molecule has 470 valence electrons. The zero-order chi connectivity index (χ0) is 59.3. The number of quaternary nitrogens is 1. The van der Waals surface area contributed by atoms with Crippen LogP contribution in [0.15, 0.2) is 85.1 Å². The summed E-state index contributed by atoms with van der Waals surface area (Å²) in [6.45, 7) is 6.73. The first kappa shape index (κ1) is 78.2. The Morgan fingerprint density at radius 1 is 0.444 bits per heavy atom. The third-order valence-corrected chi connectivity index (χ3v) is 15.8. The lowest BCUT2D eigenvalue weighted by atomic mass is 10.0. The van der Waals surface area contributed by atoms with Crippen LogP contribution >= 0.6 is 7.82 Å². The Balaban J connectivity index is 5.22. The topological polar surface area (TPSA) is 114 Å². The Morgan fingerprint density at radius 2 is 0.790 bits per heavy atom. The molecular formula is C71H129N2O7P. The number of hydrogen-bond acceptors (Lipinski definition) is 7. The van der Waals surface area contributed by atoms with Crippen LogP contribution in [0.4, 0.5) is 0 Å². The molecule has 1 N–H and O–H groups in total. The van der Waals surface area contributed by atoms with Crippen molar-refractivity contribution in [3.63, 3.8) is 0 Å². The molecule has 0 saturated heterocycles. The Kier molecular flexibility index (Phi) is 58.2. The van der Waals surface area contributed by atoms with Crippen LogP contribution in [-0.4, -0.2) is 69.4 Å². The van der Waals surface area contributed by atoms with Crippen LogP contribution < -0.4 is 10.2 Å². The minimum absolute atomic E-state index is 0.0292. The van der Waals surface area contributed by atoms with E-state index in [0.29, 0.717) is 23.9 Å². The van der Waals surface area contributed by atoms with Gasteiger partial charge in [0.05, 0.1) is 33.8 Å². The zero-order valence-electron chi connectivity index (χ0n) is 53.7. The van der Waals surface area contributed by atoms with E-state index in [-0.39, 0.29) is 24.9 Å². The highest BCUT2D eigenvalue weighted by Crippen LogP contribution is 2.38. The van der Waals surface area contributed by atoms with Gasteiger partial charge in [-0.3, -0.25) is 14.2 Å². The summed E-state index contributed by atoms with van der Waals surface area (Å²) in [7, 11) is 1.17. The fourth-order valence-electron chi connectivity index (χ4n) is 9.60. The molecule has 10 heteroatoms. The number of unbranched alkanes of at least 4 members (excludes halogenated alkanes) is 33. The van der Waals surface area contributed by atoms with E-state index in [1.54, 1.807) is 0 Å². The summed E-state index contributed by atoms with van der Waals surface area (Å²) in [5.41, 5.74) is 0. The summed E-state index contributed by atoms with van der Waals surface area (Å²) in [5, 5.41) is 3.03. The summed E-state index contributed by atoms with van der Waals surface area (Å²) in [5.74, 6) is -0.559. The first-order chi connectivity index (χ1) is 39.4. The summed E-state index contributed by atoms with van der Waals surface area (Å²) < 4.78 is 30.4. The molecule has 0 spiro atoms. The van der Waals surface area contributed by atoms with E-state index in [2.05, 4.69) is 99.0 Å². The predicted molar refractivity (Wildman–Crippen MR) is 348 cm³/mol. The fraction of sp³-hybridized carbons (Fsp3) is 0.775. The SMILES string of the molecule is CC/C=C\C/C=C\C/C=C\C/C=C\C/C=C\CCCCCCCC(=O)NC(COP(=O)([O-])OCC[N+](C)(C)C)C(/C=C/CCCCCCCCCCCCC)OC(=O)CCCCCCCCCCCCC/C=C/CCCCCCCC. The molecule has 81 heavy (non-hydrogen) atoms. The predicted octanol–water partition coefficient (Wildman–Crippen LogP) is 20.7. The molecule has 9 nitrogen and oxygen atoms in total. The van der Waals surface area contributed by atoms with Crippen molar-refractivity contribution < 1.29 is 37.3 Å². The third-order valence-electron chi connectivity index (χ3n) is 14.8. The number of amides is 1. The lowest BCUT2D eigenvalue weighted by Gasteiger charge is -2.30. The molecule has 0 aromatic heterocycles. The molecule has 3 unspecified atom stereocenters. The number of nitrogens with one attached hydrogen (secondary N) is 1. The molecule has 0 radical (unpaired) electrons. The maximum absolute atomic E-state index is 13.6. The second-order valence-corrected chi connectivity index (χ2v) is 25.4. The Hall–Kier alpha value is -2.81. The van der Waals surface area contributed by atoms with E-state index in [4.69, 9.17) is 13.8 Å². The van der Waals surface area contributed by atoms with Gasteiger partial charge in [-0.15, -0.1) is 0 Å². The highest BCUT2D eigenvalue weighted by Gasteiger charge is 2.27. The summed E-state index contributed by atoms with van der Waals surface area (Å²) in [4.78, 5) is 40.1. The number of rotatable bonds is 61. The van der Waals surface area contributed by atoms with Crippen molar-refractivity contribution in [2.75, 3.05) is 40.9 Å². The van der Waals surface area contributed by atoms with E-state index in [1.807, 2.05) is 33.3 Å². The summed E-state index contributed by atoms with van der Waals surface area (Å²) in [6, 6.07) is -0.903. The van der Waals surface area contributed by atoms with Gasteiger partial charge < -0.3 is 28.5 Å². The Bertz CT molecular complexity index is 1660. The minimum atomic E-state index is -4.71. The molecule has 0 heterocycles. The van der Waals surface area contributed by atoms with Crippen molar-refractivity contribution in [1.29, 1.82) is 0 Å². The van der Waals surface area contributed by atoms with Crippen LogP contribution in [0.3, 0.4) is 0 Å². The van der Waals surface area contributed by atoms with Crippen molar-refractivity contribution in [3.8, 4) is 0 Å². The number of carbonyl (C=O) groups is 2. The number of allylic oxidation sites excluding steroid dienone is 13. The van der Waals surface area contributed by atoms with Gasteiger partial charge in [-0.05, 0) is 102 Å². The van der Waals surface area contributed by atoms with Gasteiger partial charge in [-0.2, -0.15) is 0 Å². The zero-order valence-corrected chi connectivity index (χ0v) is 54.6. The van der Waals surface area contributed by atoms with Gasteiger partial charge in [0, 0.05) is 12.8 Å². The Morgan fingerprint density at radius 3 is 1.20 bits per heavy atom. The van der Waals surface area contributed by atoms with Gasteiger partial charge in [0.1, 0.15) is 19.3 Å². The van der Waals surface area contributed by atoms with E-state index >= 15 is 0 Å². The quantitative estimate of drug-likeness (QED) is 0.0212. The molecule has 0 aliphatic rings. The lowest BCUT2D eigenvalue weighted by Crippen LogP contribution is -2.47. The number of esters is 1. The van der Waals surface area contributed by atoms with Gasteiger partial charge in [-0.1, -0.05) is 273 Å². The van der Waals surface area contributed by atoms with Crippen LogP contribution in [0.5, 0.6) is 0 Å². The third kappa shape index (κ3) is 61.6. The molecule has 0 saturated carbocycles. The number of likely N-dealkylation sites (N-methyl/N-ethyl adjacent to an activating group) is 1. The van der Waals surface area contributed by atoms with Crippen LogP contribution in [0.25, 0.3) is 0 Å². The summed E-state index contributed by atoms with van der Waals surface area (Å²) in [6.07, 6.45) is 79.8. The number of ether oxygens (including phenoxy) is 1. The van der Waals surface area contributed by atoms with Crippen molar-refractivity contribution in [2.45, 2.75) is 315 Å². The molecule has 0 bridgehead atoms. The molecule has 1 amide bonds. The van der Waals surface area contributed by atoms with Crippen LogP contribution in [0.1, 0.15) is 303 Å². The smallest absolute Gasteiger partial charge is 0.306 e.